The van der Waals surface area contributed by atoms with Crippen molar-refractivity contribution < 1.29 is 0 Å². The first kappa shape index (κ1) is 13.8. The topological polar surface area (TPSA) is 26.0 Å². The first-order valence-electron chi connectivity index (χ1n) is 6.04. The highest BCUT2D eigenvalue weighted by Crippen LogP contribution is 2.29. The molecule has 0 bridgehead atoms. The van der Waals surface area contributed by atoms with E-state index >= 15 is 0 Å². The van der Waals surface area contributed by atoms with Gasteiger partial charge in [-0.1, -0.05) is 44.2 Å². The monoisotopic (exact) mass is 323 g/mol. The van der Waals surface area contributed by atoms with E-state index in [1.54, 1.807) is 11.3 Å². The Morgan fingerprint density at radius 3 is 2.50 bits per heavy atom. The first-order chi connectivity index (χ1) is 8.50. The highest BCUT2D eigenvalue weighted by molar-refractivity contribution is 9.10. The van der Waals surface area contributed by atoms with Gasteiger partial charge in [0, 0.05) is 26.2 Å². The van der Waals surface area contributed by atoms with Crippen molar-refractivity contribution in [3.05, 3.63) is 56.7 Å². The van der Waals surface area contributed by atoms with Crippen LogP contribution in [0.15, 0.2) is 46.3 Å². The predicted octanol–water partition coefficient (Wildman–Crippen LogP) is 4.36. The Kier molecular flexibility index (Phi) is 4.25. The molecule has 0 spiro atoms. The van der Waals surface area contributed by atoms with Gasteiger partial charge in [0.2, 0.25) is 0 Å². The third-order valence-corrected chi connectivity index (χ3v) is 5.21. The Morgan fingerprint density at radius 2 is 1.94 bits per heavy atom. The molecular weight excluding hydrogens is 306 g/mol. The summed E-state index contributed by atoms with van der Waals surface area (Å²) in [4.78, 5) is 1.33. The molecule has 0 aliphatic carbocycles. The molecule has 1 nitrogen and oxygen atoms in total. The molecule has 0 amide bonds. The highest BCUT2D eigenvalue weighted by atomic mass is 79.9. The van der Waals surface area contributed by atoms with E-state index in [1.807, 2.05) is 6.07 Å². The Bertz CT molecular complexity index is 504. The van der Waals surface area contributed by atoms with Crippen LogP contribution in [0.3, 0.4) is 0 Å². The number of nitrogens with two attached hydrogens (primary N) is 1. The molecule has 1 aromatic carbocycles. The molecule has 96 valence electrons. The molecule has 2 N–H and O–H groups in total. The van der Waals surface area contributed by atoms with Crippen LogP contribution in [0.1, 0.15) is 24.3 Å². The van der Waals surface area contributed by atoms with Crippen molar-refractivity contribution in [2.75, 3.05) is 0 Å². The van der Waals surface area contributed by atoms with Crippen molar-refractivity contribution in [2.24, 2.45) is 5.73 Å². The van der Waals surface area contributed by atoms with Crippen molar-refractivity contribution in [3.8, 4) is 0 Å². The van der Waals surface area contributed by atoms with Gasteiger partial charge in [-0.3, -0.25) is 0 Å². The van der Waals surface area contributed by atoms with Gasteiger partial charge in [0.25, 0.3) is 0 Å². The van der Waals surface area contributed by atoms with E-state index in [9.17, 15) is 0 Å². The molecule has 2 aromatic rings. The van der Waals surface area contributed by atoms with E-state index in [0.29, 0.717) is 0 Å². The molecule has 0 aliphatic heterocycles. The van der Waals surface area contributed by atoms with Crippen LogP contribution in [0.5, 0.6) is 0 Å². The van der Waals surface area contributed by atoms with Crippen LogP contribution >= 0.6 is 27.3 Å². The van der Waals surface area contributed by atoms with Gasteiger partial charge in [-0.2, -0.15) is 0 Å². The molecule has 18 heavy (non-hydrogen) atoms. The average Bonchev–Trinajstić information content (AvgIpc) is 2.76. The van der Waals surface area contributed by atoms with Crippen molar-refractivity contribution in [2.45, 2.75) is 31.7 Å². The second-order valence-electron chi connectivity index (χ2n) is 5.13. The number of hydrogen-bond acceptors (Lipinski definition) is 2. The number of benzene rings is 1. The maximum Gasteiger partial charge on any atom is 0.0285 e. The van der Waals surface area contributed by atoms with Gasteiger partial charge in [0.05, 0.1) is 0 Å². The Labute approximate surface area is 121 Å². The van der Waals surface area contributed by atoms with Crippen LogP contribution in [0.2, 0.25) is 0 Å². The summed E-state index contributed by atoms with van der Waals surface area (Å²) in [5.41, 5.74) is 7.70. The van der Waals surface area contributed by atoms with Gasteiger partial charge in [0.15, 0.2) is 0 Å². The van der Waals surface area contributed by atoms with Gasteiger partial charge in [-0.25, -0.2) is 0 Å². The SMILES string of the molecule is CC(C)(c1ccccc1)C(N)Cc1cc(Br)cs1. The molecule has 2 rings (SSSR count). The summed E-state index contributed by atoms with van der Waals surface area (Å²) in [6.45, 7) is 4.44. The first-order valence-corrected chi connectivity index (χ1v) is 7.71. The minimum absolute atomic E-state index is 0.0161. The fraction of sp³-hybridized carbons (Fsp3) is 0.333. The summed E-state index contributed by atoms with van der Waals surface area (Å²) in [6, 6.07) is 12.8. The summed E-state index contributed by atoms with van der Waals surface area (Å²) in [6.07, 6.45) is 0.915. The quantitative estimate of drug-likeness (QED) is 0.888. The summed E-state index contributed by atoms with van der Waals surface area (Å²) >= 11 is 5.25. The lowest BCUT2D eigenvalue weighted by atomic mass is 9.77. The Morgan fingerprint density at radius 1 is 1.28 bits per heavy atom. The number of halogens is 1. The Balaban J connectivity index is 2.15. The zero-order valence-corrected chi connectivity index (χ0v) is 13.1. The van der Waals surface area contributed by atoms with Gasteiger partial charge >= 0.3 is 0 Å². The van der Waals surface area contributed by atoms with Crippen molar-refractivity contribution in [3.63, 3.8) is 0 Å². The highest BCUT2D eigenvalue weighted by Gasteiger charge is 2.28. The normalized spacial score (nSPS) is 13.6. The fourth-order valence-electron chi connectivity index (χ4n) is 2.01. The van der Waals surface area contributed by atoms with E-state index in [0.717, 1.165) is 10.9 Å². The minimum atomic E-state index is -0.0161. The lowest BCUT2D eigenvalue weighted by Gasteiger charge is -2.32. The third-order valence-electron chi connectivity index (χ3n) is 3.49. The standard InChI is InChI=1S/C15H18BrNS/c1-15(2,11-6-4-3-5-7-11)14(17)9-13-8-12(16)10-18-13/h3-8,10,14H,9,17H2,1-2H3. The van der Waals surface area contributed by atoms with Gasteiger partial charge in [-0.05, 0) is 34.0 Å². The van der Waals surface area contributed by atoms with E-state index in [-0.39, 0.29) is 11.5 Å². The summed E-state index contributed by atoms with van der Waals surface area (Å²) < 4.78 is 1.15. The van der Waals surface area contributed by atoms with Crippen molar-refractivity contribution >= 4 is 27.3 Å². The van der Waals surface area contributed by atoms with Crippen LogP contribution in [-0.2, 0) is 11.8 Å². The van der Waals surface area contributed by atoms with Crippen LogP contribution in [-0.4, -0.2) is 6.04 Å². The molecule has 0 fully saturated rings. The van der Waals surface area contributed by atoms with Gasteiger partial charge in [0.1, 0.15) is 0 Å². The lowest BCUT2D eigenvalue weighted by Crippen LogP contribution is -2.42. The van der Waals surface area contributed by atoms with Crippen LogP contribution in [0.4, 0.5) is 0 Å². The van der Waals surface area contributed by atoms with Gasteiger partial charge < -0.3 is 5.73 Å². The maximum atomic E-state index is 6.42. The van der Waals surface area contributed by atoms with E-state index in [1.165, 1.54) is 10.4 Å². The minimum Gasteiger partial charge on any atom is -0.327 e. The summed E-state index contributed by atoms with van der Waals surface area (Å²) in [5, 5.41) is 2.11. The second kappa shape index (κ2) is 5.55. The van der Waals surface area contributed by atoms with Crippen LogP contribution in [0, 0.1) is 0 Å². The number of hydrogen-bond donors (Lipinski definition) is 1. The molecule has 0 radical (unpaired) electrons. The van der Waals surface area contributed by atoms with E-state index in [4.69, 9.17) is 5.73 Å². The molecule has 0 saturated heterocycles. The summed E-state index contributed by atoms with van der Waals surface area (Å²) in [7, 11) is 0. The molecule has 1 aromatic heterocycles. The van der Waals surface area contributed by atoms with Crippen molar-refractivity contribution in [1.82, 2.24) is 0 Å². The zero-order chi connectivity index (χ0) is 13.2. The van der Waals surface area contributed by atoms with Crippen LogP contribution < -0.4 is 5.73 Å². The molecule has 1 heterocycles. The molecule has 0 aliphatic rings. The average molecular weight is 324 g/mol. The lowest BCUT2D eigenvalue weighted by molar-refractivity contribution is 0.408. The molecule has 1 unspecified atom stereocenters. The van der Waals surface area contributed by atoms with Crippen LogP contribution in [0.25, 0.3) is 0 Å². The molecule has 0 saturated carbocycles. The van der Waals surface area contributed by atoms with E-state index in [2.05, 4.69) is 65.5 Å². The second-order valence-corrected chi connectivity index (χ2v) is 7.04. The maximum absolute atomic E-state index is 6.42. The van der Waals surface area contributed by atoms with E-state index < -0.39 is 0 Å². The fourth-order valence-corrected chi connectivity index (χ4v) is 3.53. The largest absolute Gasteiger partial charge is 0.327 e. The van der Waals surface area contributed by atoms with Crippen molar-refractivity contribution in [1.29, 1.82) is 0 Å². The third kappa shape index (κ3) is 3.02. The summed E-state index contributed by atoms with van der Waals surface area (Å²) in [5.74, 6) is 0. The van der Waals surface area contributed by atoms with Gasteiger partial charge in [-0.15, -0.1) is 11.3 Å². The number of thiophene rings is 1. The molecular formula is C15H18BrNS. The number of rotatable bonds is 4. The molecule has 3 heteroatoms. The smallest absolute Gasteiger partial charge is 0.0285 e. The molecule has 1 atom stereocenters. The predicted molar refractivity (Wildman–Crippen MR) is 83.2 cm³/mol. The Hall–Kier alpha value is -0.640. The zero-order valence-electron chi connectivity index (χ0n) is 10.7.